The second-order valence-electron chi connectivity index (χ2n) is 8.99. The quantitative estimate of drug-likeness (QED) is 0.316. The molecule has 3 aromatic rings. The zero-order chi connectivity index (χ0) is 24.6. The zero-order valence-electron chi connectivity index (χ0n) is 20.3. The molecule has 4 rings (SSSR count). The summed E-state index contributed by atoms with van der Waals surface area (Å²) >= 11 is 0. The van der Waals surface area contributed by atoms with Crippen molar-refractivity contribution in [3.8, 4) is 11.5 Å². The Morgan fingerprint density at radius 3 is 2.57 bits per heavy atom. The first kappa shape index (κ1) is 24.8. The summed E-state index contributed by atoms with van der Waals surface area (Å²) in [5.41, 5.74) is 4.30. The van der Waals surface area contributed by atoms with E-state index in [9.17, 15) is 10.1 Å². The number of ether oxygens (including phenoxy) is 1. The number of fused-ring (bicyclic) bond motifs is 1. The van der Waals surface area contributed by atoms with Crippen LogP contribution in [0.1, 0.15) is 38.2 Å². The Morgan fingerprint density at radius 2 is 1.80 bits per heavy atom. The van der Waals surface area contributed by atoms with E-state index >= 15 is 0 Å². The van der Waals surface area contributed by atoms with Crippen molar-refractivity contribution in [1.29, 1.82) is 0 Å². The second-order valence-corrected chi connectivity index (χ2v) is 8.99. The van der Waals surface area contributed by atoms with Gasteiger partial charge in [0.1, 0.15) is 18.1 Å². The fraction of sp³-hybridized carbons (Fsp3) is 0.267. The number of hydrogen-bond acceptors (Lipinski definition) is 4. The molecule has 0 bridgehead atoms. The summed E-state index contributed by atoms with van der Waals surface area (Å²) in [5, 5.41) is 22.3. The molecule has 0 fully saturated rings. The van der Waals surface area contributed by atoms with Crippen molar-refractivity contribution in [3.05, 3.63) is 102 Å². The second kappa shape index (κ2) is 11.9. The fourth-order valence-corrected chi connectivity index (χ4v) is 4.60. The maximum atomic E-state index is 10.2. The highest BCUT2D eigenvalue weighted by Crippen LogP contribution is 2.32. The number of allylic oxidation sites excluding steroid dienone is 2. The Hall–Kier alpha value is -3.28. The van der Waals surface area contributed by atoms with Crippen molar-refractivity contribution in [1.82, 2.24) is 0 Å². The monoisotopic (exact) mass is 468 g/mol. The van der Waals surface area contributed by atoms with E-state index in [1.807, 2.05) is 66.7 Å². The van der Waals surface area contributed by atoms with Crippen LogP contribution in [0.25, 0.3) is 16.8 Å². The first-order valence-electron chi connectivity index (χ1n) is 12.3. The largest absolute Gasteiger partial charge is 0.507 e. The first-order chi connectivity index (χ1) is 17.0. The number of aromatic hydroxyl groups is 1. The number of benzene rings is 3. The molecule has 35 heavy (non-hydrogen) atoms. The summed E-state index contributed by atoms with van der Waals surface area (Å²) in [6.07, 6.45) is 8.08. The summed E-state index contributed by atoms with van der Waals surface area (Å²) in [6.45, 7) is 6.81. The van der Waals surface area contributed by atoms with Gasteiger partial charge in [0.25, 0.3) is 0 Å². The van der Waals surface area contributed by atoms with Gasteiger partial charge < -0.3 is 19.5 Å². The summed E-state index contributed by atoms with van der Waals surface area (Å²) in [5.74, 6) is 1.10. The van der Waals surface area contributed by atoms with Gasteiger partial charge in [0, 0.05) is 11.7 Å². The van der Waals surface area contributed by atoms with Crippen LogP contribution in [0.2, 0.25) is 6.32 Å². The third-order valence-corrected chi connectivity index (χ3v) is 6.37. The molecule has 0 aromatic heterocycles. The summed E-state index contributed by atoms with van der Waals surface area (Å²) in [7, 11) is -0.800. The molecule has 0 saturated carbocycles. The Labute approximate surface area is 208 Å². The summed E-state index contributed by atoms with van der Waals surface area (Å²) in [4.78, 5) is 0. The lowest BCUT2D eigenvalue weighted by atomic mass is 9.78. The van der Waals surface area contributed by atoms with Crippen molar-refractivity contribution < 1.29 is 19.5 Å². The molecule has 0 radical (unpaired) electrons. The van der Waals surface area contributed by atoms with Crippen molar-refractivity contribution in [2.45, 2.75) is 45.0 Å². The van der Waals surface area contributed by atoms with Crippen LogP contribution in [0.5, 0.6) is 11.5 Å². The first-order valence-corrected chi connectivity index (χ1v) is 12.3. The predicted octanol–water partition coefficient (Wildman–Crippen LogP) is 6.95. The minimum atomic E-state index is -0.800. The molecular weight excluding hydrogens is 435 g/mol. The Morgan fingerprint density at radius 1 is 1.06 bits per heavy atom. The number of para-hydroxylation sites is 1. The van der Waals surface area contributed by atoms with Gasteiger partial charge in [-0.1, -0.05) is 86.2 Å². The van der Waals surface area contributed by atoms with Crippen molar-refractivity contribution in [2.24, 2.45) is 0 Å². The standard InChI is InChI=1S/C30H33BO4/c1-3-9-23(20-24-15-16-29(32)28-13-8-7-12-27(24)28)14-17-30-26(18-19-31(33)35-30)22(2)21-34-25-10-5-4-6-11-25/h4-8,10-13,15-16,18,20,30,32-33H,2-3,9,14,17,19,21H2,1H3/b23-20+. The Balaban J connectivity index is 1.48. The van der Waals surface area contributed by atoms with Crippen LogP contribution in [-0.2, 0) is 4.65 Å². The van der Waals surface area contributed by atoms with E-state index in [2.05, 4.69) is 19.6 Å². The van der Waals surface area contributed by atoms with E-state index in [0.29, 0.717) is 18.7 Å². The number of rotatable bonds is 10. The molecule has 0 saturated heterocycles. The molecule has 1 atom stereocenters. The van der Waals surface area contributed by atoms with Gasteiger partial charge in [-0.25, -0.2) is 0 Å². The van der Waals surface area contributed by atoms with E-state index < -0.39 is 7.12 Å². The van der Waals surface area contributed by atoms with Gasteiger partial charge in [-0.3, -0.25) is 0 Å². The maximum Gasteiger partial charge on any atom is 0.458 e. The molecule has 0 aliphatic carbocycles. The SMILES string of the molecule is C=C(COc1ccccc1)C1=CCB(O)OC1CC/C(=C/c1ccc(O)c2ccccc12)CCC. The van der Waals surface area contributed by atoms with Crippen molar-refractivity contribution in [3.63, 3.8) is 0 Å². The van der Waals surface area contributed by atoms with Crippen LogP contribution in [-0.4, -0.2) is 30.0 Å². The van der Waals surface area contributed by atoms with E-state index in [-0.39, 0.29) is 6.10 Å². The minimum absolute atomic E-state index is 0.234. The summed E-state index contributed by atoms with van der Waals surface area (Å²) in [6, 6.07) is 21.4. The average Bonchev–Trinajstić information content (AvgIpc) is 2.88. The van der Waals surface area contributed by atoms with Gasteiger partial charge in [-0.15, -0.1) is 0 Å². The van der Waals surface area contributed by atoms with Gasteiger partial charge in [0.15, 0.2) is 0 Å². The molecule has 1 unspecified atom stereocenters. The highest BCUT2D eigenvalue weighted by molar-refractivity contribution is 6.43. The smallest absolute Gasteiger partial charge is 0.458 e. The molecule has 4 nitrogen and oxygen atoms in total. The summed E-state index contributed by atoms with van der Waals surface area (Å²) < 4.78 is 11.8. The highest BCUT2D eigenvalue weighted by Gasteiger charge is 2.28. The van der Waals surface area contributed by atoms with E-state index in [1.165, 1.54) is 5.57 Å². The molecule has 3 aromatic carbocycles. The molecule has 1 heterocycles. The Kier molecular flexibility index (Phi) is 8.46. The third kappa shape index (κ3) is 6.44. The van der Waals surface area contributed by atoms with Gasteiger partial charge >= 0.3 is 7.12 Å². The van der Waals surface area contributed by atoms with Gasteiger partial charge in [-0.05, 0) is 59.6 Å². The lowest BCUT2D eigenvalue weighted by Crippen LogP contribution is -2.32. The van der Waals surface area contributed by atoms with E-state index in [1.54, 1.807) is 6.07 Å². The number of phenolic OH excluding ortho intramolecular Hbond substituents is 1. The molecule has 1 aliphatic heterocycles. The van der Waals surface area contributed by atoms with Crippen LogP contribution >= 0.6 is 0 Å². The minimum Gasteiger partial charge on any atom is -0.507 e. The lowest BCUT2D eigenvalue weighted by Gasteiger charge is -2.28. The molecule has 5 heteroatoms. The number of hydrogen-bond donors (Lipinski definition) is 2. The van der Waals surface area contributed by atoms with Gasteiger partial charge in [0.2, 0.25) is 0 Å². The molecule has 2 N–H and O–H groups in total. The normalized spacial score (nSPS) is 16.3. The Bertz CT molecular complexity index is 1220. The van der Waals surface area contributed by atoms with Gasteiger partial charge in [0.05, 0.1) is 6.10 Å². The number of phenols is 1. The predicted molar refractivity (Wildman–Crippen MR) is 145 cm³/mol. The molecular formula is C30H33BO4. The fourth-order valence-electron chi connectivity index (χ4n) is 4.60. The van der Waals surface area contributed by atoms with Crippen molar-refractivity contribution in [2.75, 3.05) is 6.61 Å². The van der Waals surface area contributed by atoms with Crippen LogP contribution in [0.4, 0.5) is 0 Å². The van der Waals surface area contributed by atoms with Crippen LogP contribution in [0, 0.1) is 0 Å². The molecule has 180 valence electrons. The third-order valence-electron chi connectivity index (χ3n) is 6.37. The topological polar surface area (TPSA) is 58.9 Å². The van der Waals surface area contributed by atoms with Crippen LogP contribution in [0.3, 0.4) is 0 Å². The maximum absolute atomic E-state index is 10.2. The molecule has 0 amide bonds. The lowest BCUT2D eigenvalue weighted by molar-refractivity contribution is 0.181. The van der Waals surface area contributed by atoms with Crippen molar-refractivity contribution >= 4 is 24.0 Å². The highest BCUT2D eigenvalue weighted by atomic mass is 16.5. The van der Waals surface area contributed by atoms with Gasteiger partial charge in [-0.2, -0.15) is 0 Å². The zero-order valence-corrected chi connectivity index (χ0v) is 20.3. The average molecular weight is 468 g/mol. The van der Waals surface area contributed by atoms with Crippen LogP contribution in [0.15, 0.2) is 96.1 Å². The van der Waals surface area contributed by atoms with E-state index in [4.69, 9.17) is 9.39 Å². The van der Waals surface area contributed by atoms with E-state index in [0.717, 1.165) is 58.9 Å². The molecule has 0 spiro atoms. The molecule has 1 aliphatic rings. The van der Waals surface area contributed by atoms with Crippen LogP contribution < -0.4 is 4.74 Å².